The van der Waals surface area contributed by atoms with E-state index >= 15 is 0 Å². The fraction of sp³-hybridized carbons (Fsp3) is 0.100. The van der Waals surface area contributed by atoms with Crippen LogP contribution in [0.1, 0.15) is 16.1 Å². The molecule has 6 nitrogen and oxygen atoms in total. The van der Waals surface area contributed by atoms with E-state index in [4.69, 9.17) is 21.8 Å². The molecule has 0 radical (unpaired) electrons. The van der Waals surface area contributed by atoms with Crippen LogP contribution in [-0.2, 0) is 0 Å². The quantitative estimate of drug-likeness (QED) is 0.761. The molecule has 7 heteroatoms. The monoisotopic (exact) mass is 254 g/mol. The predicted octanol–water partition coefficient (Wildman–Crippen LogP) is 2.22. The predicted molar refractivity (Wildman–Crippen MR) is 59.9 cm³/mol. The number of carbonyl (C=O) groups is 2. The van der Waals surface area contributed by atoms with Gasteiger partial charge in [-0.15, -0.1) is 0 Å². The Morgan fingerprint density at radius 3 is 2.53 bits per heavy atom. The zero-order valence-corrected chi connectivity index (χ0v) is 9.39. The van der Waals surface area contributed by atoms with Gasteiger partial charge in [-0.3, -0.25) is 0 Å². The van der Waals surface area contributed by atoms with E-state index in [0.29, 0.717) is 15.5 Å². The smallest absolute Gasteiger partial charge is 0.417 e. The lowest BCUT2D eigenvalue weighted by molar-refractivity contribution is 0.0684. The summed E-state index contributed by atoms with van der Waals surface area (Å²) >= 11 is 5.79. The fourth-order valence-electron chi connectivity index (χ4n) is 1.57. The topological polar surface area (TPSA) is 92.4 Å². The third kappa shape index (κ3) is 1.72. The highest BCUT2D eigenvalue weighted by Crippen LogP contribution is 2.23. The van der Waals surface area contributed by atoms with Gasteiger partial charge in [0.15, 0.2) is 5.65 Å². The summed E-state index contributed by atoms with van der Waals surface area (Å²) in [6.45, 7) is 1.70. The number of rotatable bonds is 1. The first kappa shape index (κ1) is 11.4. The van der Waals surface area contributed by atoms with Gasteiger partial charge < -0.3 is 10.2 Å². The fourth-order valence-corrected chi connectivity index (χ4v) is 1.70. The molecular formula is C10H7ClN2O4. The second-order valence-electron chi connectivity index (χ2n) is 3.46. The molecule has 0 bridgehead atoms. The highest BCUT2D eigenvalue weighted by atomic mass is 35.5. The minimum absolute atomic E-state index is 0.0190. The number of aromatic nitrogens is 2. The zero-order valence-electron chi connectivity index (χ0n) is 8.64. The minimum Gasteiger partial charge on any atom is -0.477 e. The molecule has 0 fully saturated rings. The summed E-state index contributed by atoms with van der Waals surface area (Å²) in [5, 5.41) is 18.5. The molecule has 2 rings (SSSR count). The number of carboxylic acid groups (broad SMARTS) is 2. The van der Waals surface area contributed by atoms with E-state index in [1.165, 1.54) is 6.07 Å². The molecule has 0 aliphatic heterocycles. The standard InChI is InChI=1S/C10H7ClN2O4/c1-4-2-5-3-6(9(14)15)13(10(16)17)8(5)12-7(4)11/h2-3H,1H3,(H,14,15)(H,16,17). The molecule has 17 heavy (non-hydrogen) atoms. The Labute approximate surface area is 100 Å². The maximum atomic E-state index is 11.0. The molecule has 0 atom stereocenters. The number of fused-ring (bicyclic) bond motifs is 1. The Kier molecular flexibility index (Phi) is 2.51. The second-order valence-corrected chi connectivity index (χ2v) is 3.82. The highest BCUT2D eigenvalue weighted by molar-refractivity contribution is 6.30. The number of halogens is 1. The van der Waals surface area contributed by atoms with Crippen LogP contribution < -0.4 is 0 Å². The molecule has 2 heterocycles. The molecule has 88 valence electrons. The van der Waals surface area contributed by atoms with Crippen LogP contribution in [0, 0.1) is 6.92 Å². The lowest BCUT2D eigenvalue weighted by atomic mass is 10.2. The number of carboxylic acids is 1. The van der Waals surface area contributed by atoms with Crippen molar-refractivity contribution < 1.29 is 19.8 Å². The van der Waals surface area contributed by atoms with Crippen LogP contribution in [0.4, 0.5) is 4.79 Å². The van der Waals surface area contributed by atoms with Crippen LogP contribution in [0.2, 0.25) is 5.15 Å². The van der Waals surface area contributed by atoms with Crippen LogP contribution in [0.25, 0.3) is 11.0 Å². The molecule has 0 aliphatic rings. The van der Waals surface area contributed by atoms with E-state index < -0.39 is 12.1 Å². The van der Waals surface area contributed by atoms with Crippen LogP contribution >= 0.6 is 11.6 Å². The molecule has 0 spiro atoms. The average molecular weight is 255 g/mol. The molecule has 2 aromatic heterocycles. The van der Waals surface area contributed by atoms with Gasteiger partial charge in [0.2, 0.25) is 0 Å². The van der Waals surface area contributed by atoms with Gasteiger partial charge in [0.05, 0.1) is 0 Å². The minimum atomic E-state index is -1.41. The molecule has 0 unspecified atom stereocenters. The maximum absolute atomic E-state index is 11.0. The summed E-state index contributed by atoms with van der Waals surface area (Å²) in [7, 11) is 0. The Morgan fingerprint density at radius 1 is 1.35 bits per heavy atom. The van der Waals surface area contributed by atoms with E-state index in [1.807, 2.05) is 0 Å². The van der Waals surface area contributed by atoms with Crippen molar-refractivity contribution in [3.8, 4) is 0 Å². The Hall–Kier alpha value is -2.08. The van der Waals surface area contributed by atoms with E-state index in [-0.39, 0.29) is 16.5 Å². The SMILES string of the molecule is Cc1cc2cc(C(=O)O)n(C(=O)O)c2nc1Cl. The normalized spacial score (nSPS) is 10.7. The molecule has 2 N–H and O–H groups in total. The van der Waals surface area contributed by atoms with E-state index in [2.05, 4.69) is 4.98 Å². The maximum Gasteiger partial charge on any atom is 0.417 e. The van der Waals surface area contributed by atoms with Gasteiger partial charge in [-0.05, 0) is 24.6 Å². The molecule has 0 aromatic carbocycles. The molecule has 2 aromatic rings. The van der Waals surface area contributed by atoms with E-state index in [0.717, 1.165) is 0 Å². The first-order valence-corrected chi connectivity index (χ1v) is 4.95. The van der Waals surface area contributed by atoms with Crippen molar-refractivity contribution >= 4 is 34.7 Å². The Morgan fingerprint density at radius 2 is 2.00 bits per heavy atom. The first-order valence-electron chi connectivity index (χ1n) is 4.57. The highest BCUT2D eigenvalue weighted by Gasteiger charge is 2.20. The Bertz CT molecular complexity index is 647. The van der Waals surface area contributed by atoms with Gasteiger partial charge in [-0.1, -0.05) is 11.6 Å². The van der Waals surface area contributed by atoms with Crippen LogP contribution in [0.3, 0.4) is 0 Å². The molecule has 0 aliphatic carbocycles. The van der Waals surface area contributed by atoms with Gasteiger partial charge in [-0.2, -0.15) is 0 Å². The van der Waals surface area contributed by atoms with Crippen molar-refractivity contribution in [3.63, 3.8) is 0 Å². The van der Waals surface area contributed by atoms with Crippen LogP contribution in [0.15, 0.2) is 12.1 Å². The van der Waals surface area contributed by atoms with Crippen molar-refractivity contribution in [1.82, 2.24) is 9.55 Å². The summed E-state index contributed by atoms with van der Waals surface area (Å²) in [5.74, 6) is -1.33. The lowest BCUT2D eigenvalue weighted by Crippen LogP contribution is -2.15. The van der Waals surface area contributed by atoms with E-state index in [1.54, 1.807) is 13.0 Å². The summed E-state index contributed by atoms with van der Waals surface area (Å²) in [6, 6.07) is 2.85. The van der Waals surface area contributed by atoms with Gasteiger partial charge in [0.1, 0.15) is 10.8 Å². The van der Waals surface area contributed by atoms with Gasteiger partial charge in [0.25, 0.3) is 0 Å². The second kappa shape index (κ2) is 3.74. The van der Waals surface area contributed by atoms with Crippen molar-refractivity contribution in [3.05, 3.63) is 28.5 Å². The number of aryl methyl sites for hydroxylation is 1. The zero-order chi connectivity index (χ0) is 12.7. The van der Waals surface area contributed by atoms with Crippen molar-refractivity contribution in [2.24, 2.45) is 0 Å². The van der Waals surface area contributed by atoms with Gasteiger partial charge in [-0.25, -0.2) is 19.1 Å². The summed E-state index contributed by atoms with van der Waals surface area (Å²) < 4.78 is 0.600. The van der Waals surface area contributed by atoms with Gasteiger partial charge >= 0.3 is 12.1 Å². The average Bonchev–Trinajstić information content (AvgIpc) is 2.57. The van der Waals surface area contributed by atoms with Gasteiger partial charge in [0, 0.05) is 5.39 Å². The third-order valence-electron chi connectivity index (χ3n) is 2.31. The van der Waals surface area contributed by atoms with E-state index in [9.17, 15) is 9.59 Å². The molecule has 0 saturated carbocycles. The summed E-state index contributed by atoms with van der Waals surface area (Å²) in [6.07, 6.45) is -1.41. The third-order valence-corrected chi connectivity index (χ3v) is 2.70. The van der Waals surface area contributed by atoms with Crippen LogP contribution in [-0.4, -0.2) is 31.8 Å². The molecular weight excluding hydrogens is 248 g/mol. The van der Waals surface area contributed by atoms with Crippen molar-refractivity contribution in [2.75, 3.05) is 0 Å². The largest absolute Gasteiger partial charge is 0.477 e. The first-order chi connectivity index (χ1) is 7.91. The molecule has 0 saturated heterocycles. The van der Waals surface area contributed by atoms with Crippen LogP contribution in [0.5, 0.6) is 0 Å². The number of nitrogens with zero attached hydrogens (tertiary/aromatic N) is 2. The Balaban J connectivity index is 2.90. The van der Waals surface area contributed by atoms with Crippen molar-refractivity contribution in [1.29, 1.82) is 0 Å². The van der Waals surface area contributed by atoms with Crippen molar-refractivity contribution in [2.45, 2.75) is 6.92 Å². The number of hydrogen-bond acceptors (Lipinski definition) is 3. The molecule has 0 amide bonds. The number of pyridine rings is 1. The number of aromatic carboxylic acids is 1. The summed E-state index contributed by atoms with van der Waals surface area (Å²) in [5.41, 5.74) is 0.311. The number of hydrogen-bond donors (Lipinski definition) is 2. The summed E-state index contributed by atoms with van der Waals surface area (Å²) in [4.78, 5) is 25.8. The lowest BCUT2D eigenvalue weighted by Gasteiger charge is -2.01.